The fraction of sp³-hybridized carbons (Fsp3) is 0.381. The standard InChI is InChI=1S/C21H20F2N4O4/c1-12-8-18-24-4-2-19(28)27(18)25-21(12)26-5-3-13(11-17(26)23)31-14-9-15(22)20-16(10-14)29-6-7-30-20/h2,4,8-10,13,17H,3,5-7,11H2,1H3/t13-,17-/m0/s1. The van der Waals surface area contributed by atoms with Crippen molar-refractivity contribution in [3.05, 3.63) is 52.2 Å². The number of hydrogen-bond donors (Lipinski definition) is 0. The van der Waals surface area contributed by atoms with E-state index in [9.17, 15) is 9.18 Å². The molecule has 1 saturated heterocycles. The number of hydrogen-bond acceptors (Lipinski definition) is 7. The van der Waals surface area contributed by atoms with Crippen molar-refractivity contribution in [2.45, 2.75) is 32.2 Å². The van der Waals surface area contributed by atoms with Crippen molar-refractivity contribution in [1.29, 1.82) is 0 Å². The Morgan fingerprint density at radius 3 is 2.90 bits per heavy atom. The number of aromatic nitrogens is 3. The van der Waals surface area contributed by atoms with Crippen LogP contribution in [0.5, 0.6) is 17.2 Å². The van der Waals surface area contributed by atoms with Crippen LogP contribution in [0.15, 0.2) is 35.3 Å². The van der Waals surface area contributed by atoms with E-state index in [-0.39, 0.29) is 35.8 Å². The highest BCUT2D eigenvalue weighted by atomic mass is 19.1. The third-order valence-corrected chi connectivity index (χ3v) is 5.38. The number of aryl methyl sites for hydroxylation is 1. The number of alkyl halides is 1. The Labute approximate surface area is 176 Å². The van der Waals surface area contributed by atoms with E-state index in [4.69, 9.17) is 14.2 Å². The van der Waals surface area contributed by atoms with Crippen molar-refractivity contribution in [3.8, 4) is 17.2 Å². The Kier molecular flexibility index (Phi) is 4.84. The summed E-state index contributed by atoms with van der Waals surface area (Å²) >= 11 is 0. The van der Waals surface area contributed by atoms with Gasteiger partial charge in [0.05, 0.1) is 0 Å². The third-order valence-electron chi connectivity index (χ3n) is 5.38. The van der Waals surface area contributed by atoms with Crippen molar-refractivity contribution >= 4 is 11.5 Å². The molecule has 0 radical (unpaired) electrons. The summed E-state index contributed by atoms with van der Waals surface area (Å²) < 4.78 is 47.0. The van der Waals surface area contributed by atoms with Gasteiger partial charge >= 0.3 is 0 Å². The number of nitrogens with zero attached hydrogens (tertiary/aromatic N) is 4. The molecule has 1 aromatic carbocycles. The molecular formula is C21H20F2N4O4. The van der Waals surface area contributed by atoms with Crippen LogP contribution in [0, 0.1) is 12.7 Å². The van der Waals surface area contributed by atoms with Crippen LogP contribution in [0.4, 0.5) is 14.6 Å². The van der Waals surface area contributed by atoms with Crippen molar-refractivity contribution in [2.75, 3.05) is 24.7 Å². The molecule has 162 valence electrons. The molecule has 31 heavy (non-hydrogen) atoms. The summed E-state index contributed by atoms with van der Waals surface area (Å²) in [5.41, 5.74) is 0.789. The topological polar surface area (TPSA) is 78.2 Å². The lowest BCUT2D eigenvalue weighted by Gasteiger charge is -2.36. The molecule has 2 aliphatic rings. The van der Waals surface area contributed by atoms with Gasteiger partial charge in [-0.15, -0.1) is 5.10 Å². The van der Waals surface area contributed by atoms with Crippen LogP contribution in [0.2, 0.25) is 0 Å². The van der Waals surface area contributed by atoms with Gasteiger partial charge in [-0.1, -0.05) is 0 Å². The van der Waals surface area contributed by atoms with Crippen LogP contribution in [0.3, 0.4) is 0 Å². The number of anilines is 1. The van der Waals surface area contributed by atoms with Gasteiger partial charge in [0.15, 0.2) is 35.1 Å². The maximum atomic E-state index is 15.1. The Bertz CT molecular complexity index is 1200. The molecule has 0 amide bonds. The van der Waals surface area contributed by atoms with E-state index >= 15 is 4.39 Å². The van der Waals surface area contributed by atoms with Gasteiger partial charge in [0.1, 0.15) is 25.1 Å². The lowest BCUT2D eigenvalue weighted by Crippen LogP contribution is -2.45. The van der Waals surface area contributed by atoms with Crippen molar-refractivity contribution in [3.63, 3.8) is 0 Å². The van der Waals surface area contributed by atoms with Crippen molar-refractivity contribution in [1.82, 2.24) is 14.6 Å². The Morgan fingerprint density at radius 2 is 2.06 bits per heavy atom. The Hall–Kier alpha value is -3.43. The van der Waals surface area contributed by atoms with E-state index in [1.165, 1.54) is 23.2 Å². The zero-order valence-electron chi connectivity index (χ0n) is 16.8. The van der Waals surface area contributed by atoms with Crippen molar-refractivity contribution in [2.24, 2.45) is 0 Å². The summed E-state index contributed by atoms with van der Waals surface area (Å²) in [6, 6.07) is 5.79. The molecule has 1 fully saturated rings. The summed E-state index contributed by atoms with van der Waals surface area (Å²) in [6.07, 6.45) is 0.157. The minimum Gasteiger partial charge on any atom is -0.490 e. The fourth-order valence-electron chi connectivity index (χ4n) is 3.91. The number of piperidine rings is 1. The van der Waals surface area contributed by atoms with Crippen LogP contribution in [0.1, 0.15) is 18.4 Å². The number of ether oxygens (including phenoxy) is 3. The Morgan fingerprint density at radius 1 is 1.23 bits per heavy atom. The zero-order valence-corrected chi connectivity index (χ0v) is 16.8. The molecule has 0 unspecified atom stereocenters. The smallest absolute Gasteiger partial charge is 0.274 e. The fourth-order valence-corrected chi connectivity index (χ4v) is 3.91. The molecule has 0 N–H and O–H groups in total. The predicted octanol–water partition coefficient (Wildman–Crippen LogP) is 2.65. The second kappa shape index (κ2) is 7.68. The minimum atomic E-state index is -1.38. The third kappa shape index (κ3) is 3.62. The monoisotopic (exact) mass is 430 g/mol. The number of fused-ring (bicyclic) bond motifs is 2. The summed E-state index contributed by atoms with van der Waals surface area (Å²) in [7, 11) is 0. The van der Waals surface area contributed by atoms with Crippen LogP contribution >= 0.6 is 0 Å². The molecule has 10 heteroatoms. The zero-order chi connectivity index (χ0) is 21.5. The first-order valence-electron chi connectivity index (χ1n) is 10.0. The van der Waals surface area contributed by atoms with Crippen LogP contribution in [-0.2, 0) is 0 Å². The lowest BCUT2D eigenvalue weighted by molar-refractivity contribution is 0.110. The summed E-state index contributed by atoms with van der Waals surface area (Å²) in [6.45, 7) is 2.75. The van der Waals surface area contributed by atoms with Gasteiger partial charge in [0, 0.05) is 43.8 Å². The molecule has 3 aromatic rings. The summed E-state index contributed by atoms with van der Waals surface area (Å²) in [5, 5.41) is 4.32. The van der Waals surface area contributed by atoms with Crippen molar-refractivity contribution < 1.29 is 23.0 Å². The van der Waals surface area contributed by atoms with Gasteiger partial charge in [0.2, 0.25) is 0 Å². The highest BCUT2D eigenvalue weighted by molar-refractivity contribution is 5.53. The first-order chi connectivity index (χ1) is 15.0. The van der Waals surface area contributed by atoms with Crippen LogP contribution in [0.25, 0.3) is 5.65 Å². The van der Waals surface area contributed by atoms with Gasteiger partial charge < -0.3 is 19.1 Å². The highest BCUT2D eigenvalue weighted by Crippen LogP contribution is 2.38. The first-order valence-corrected chi connectivity index (χ1v) is 10.0. The largest absolute Gasteiger partial charge is 0.490 e. The molecule has 2 atom stereocenters. The lowest BCUT2D eigenvalue weighted by atomic mass is 10.1. The number of benzene rings is 1. The van der Waals surface area contributed by atoms with Gasteiger partial charge in [-0.3, -0.25) is 4.79 Å². The van der Waals surface area contributed by atoms with Gasteiger partial charge in [-0.05, 0) is 18.6 Å². The second-order valence-corrected chi connectivity index (χ2v) is 7.53. The molecule has 0 spiro atoms. The van der Waals surface area contributed by atoms with E-state index in [0.717, 1.165) is 4.52 Å². The molecule has 8 nitrogen and oxygen atoms in total. The average Bonchev–Trinajstić information content (AvgIpc) is 2.74. The first kappa shape index (κ1) is 19.5. The summed E-state index contributed by atoms with van der Waals surface area (Å²) in [4.78, 5) is 17.7. The van der Waals surface area contributed by atoms with E-state index in [0.29, 0.717) is 36.6 Å². The van der Waals surface area contributed by atoms with Crippen LogP contribution < -0.4 is 24.7 Å². The molecule has 0 bridgehead atoms. The van der Waals surface area contributed by atoms with E-state index in [1.807, 2.05) is 0 Å². The molecule has 2 aliphatic heterocycles. The predicted molar refractivity (Wildman–Crippen MR) is 107 cm³/mol. The molecule has 0 aliphatic carbocycles. The highest BCUT2D eigenvalue weighted by Gasteiger charge is 2.32. The van der Waals surface area contributed by atoms with Gasteiger partial charge in [-0.25, -0.2) is 13.8 Å². The normalized spacial score (nSPS) is 20.7. The average molecular weight is 430 g/mol. The maximum Gasteiger partial charge on any atom is 0.274 e. The van der Waals surface area contributed by atoms with E-state index < -0.39 is 18.2 Å². The van der Waals surface area contributed by atoms with Gasteiger partial charge in [0.25, 0.3) is 5.56 Å². The number of halogens is 2. The molecule has 4 heterocycles. The maximum absolute atomic E-state index is 15.1. The second-order valence-electron chi connectivity index (χ2n) is 7.53. The van der Waals surface area contributed by atoms with E-state index in [2.05, 4.69) is 10.1 Å². The molecule has 0 saturated carbocycles. The molecule has 2 aromatic heterocycles. The SMILES string of the molecule is Cc1cc2nccc(=O)n2nc1N1CC[C@H](Oc2cc(F)c3c(c2)OCCO3)C[C@H]1F. The minimum absolute atomic E-state index is 0.0666. The van der Waals surface area contributed by atoms with Gasteiger partial charge in [-0.2, -0.15) is 4.52 Å². The number of rotatable bonds is 3. The quantitative estimate of drug-likeness (QED) is 0.591. The summed E-state index contributed by atoms with van der Waals surface area (Å²) in [5.74, 6) is 0.435. The Balaban J connectivity index is 1.34. The molecular weight excluding hydrogens is 410 g/mol. The van der Waals surface area contributed by atoms with Crippen LogP contribution in [-0.4, -0.2) is 46.8 Å². The molecule has 5 rings (SSSR count). The van der Waals surface area contributed by atoms with E-state index in [1.54, 1.807) is 19.1 Å².